The third-order valence-corrected chi connectivity index (χ3v) is 6.09. The molecule has 1 heterocycles. The minimum Gasteiger partial charge on any atom is -0.418 e. The lowest BCUT2D eigenvalue weighted by Gasteiger charge is -2.16. The molecule has 31 heavy (non-hydrogen) atoms. The van der Waals surface area contributed by atoms with Gasteiger partial charge in [-0.15, -0.1) is 0 Å². The number of fused-ring (bicyclic) bond motifs is 2. The number of pyridine rings is 1. The summed E-state index contributed by atoms with van der Waals surface area (Å²) in [5, 5.41) is 2.53. The molecule has 1 nitrogen and oxygen atoms in total. The zero-order valence-corrected chi connectivity index (χ0v) is 20.6. The maximum atomic E-state index is 9.75. The first kappa shape index (κ1) is 23.7. The van der Waals surface area contributed by atoms with Crippen molar-refractivity contribution >= 4 is 60.9 Å². The summed E-state index contributed by atoms with van der Waals surface area (Å²) in [5.74, 6) is 0. The topological polar surface area (TPSA) is 3.88 Å². The minimum absolute atomic E-state index is 1.10. The van der Waals surface area contributed by atoms with Crippen LogP contribution in [0.15, 0.2) is 57.5 Å². The first-order valence-electron chi connectivity index (χ1n) is 9.53. The van der Waals surface area contributed by atoms with Gasteiger partial charge in [0.15, 0.2) is 0 Å². The summed E-state index contributed by atoms with van der Waals surface area (Å²) in [4.78, 5) is 0. The quantitative estimate of drug-likeness (QED) is 0.0962. The van der Waals surface area contributed by atoms with Gasteiger partial charge in [-0.3, -0.25) is 0 Å². The van der Waals surface area contributed by atoms with Crippen molar-refractivity contribution in [2.45, 2.75) is 20.8 Å². The summed E-state index contributed by atoms with van der Waals surface area (Å²) in [5.41, 5.74) is 9.06. The number of aryl methyl sites for hydroxylation is 4. The van der Waals surface area contributed by atoms with E-state index in [1.165, 1.54) is 49.6 Å². The van der Waals surface area contributed by atoms with Gasteiger partial charge in [0.1, 0.15) is 7.05 Å². The standard InChI is InChI=1S/C23H20Br2N.BF4/c1-13-9-14(2)22(15(3)10-13)23-18-11-16(24)5-7-20(18)26(4)21-8-6-17(25)12-19(21)23;2-1(3,4)5/h5-12H,1-4H3;/q+1;-1. The fourth-order valence-electron chi connectivity index (χ4n) is 4.12. The molecule has 4 rings (SSSR count). The number of nitrogens with zero attached hydrogens (tertiary/aromatic N) is 1. The summed E-state index contributed by atoms with van der Waals surface area (Å²) in [6.45, 7) is 6.60. The van der Waals surface area contributed by atoms with E-state index in [9.17, 15) is 17.3 Å². The molecule has 0 radical (unpaired) electrons. The lowest BCUT2D eigenvalue weighted by atomic mass is 9.89. The molecular formula is C23H20BBr2F4N. The third-order valence-electron chi connectivity index (χ3n) is 5.11. The van der Waals surface area contributed by atoms with Crippen molar-refractivity contribution in [1.29, 1.82) is 0 Å². The molecule has 0 aliphatic carbocycles. The fourth-order valence-corrected chi connectivity index (χ4v) is 4.84. The highest BCUT2D eigenvalue weighted by Gasteiger charge is 2.22. The van der Waals surface area contributed by atoms with Gasteiger partial charge in [0.05, 0.1) is 10.8 Å². The molecule has 0 aliphatic rings. The number of benzene rings is 3. The van der Waals surface area contributed by atoms with E-state index in [1.807, 2.05) is 0 Å². The Kier molecular flexibility index (Phi) is 6.82. The van der Waals surface area contributed by atoms with Gasteiger partial charge < -0.3 is 17.3 Å². The first-order valence-corrected chi connectivity index (χ1v) is 11.1. The van der Waals surface area contributed by atoms with E-state index in [-0.39, 0.29) is 0 Å². The van der Waals surface area contributed by atoms with Crippen LogP contribution in [0.3, 0.4) is 0 Å². The lowest BCUT2D eigenvalue weighted by molar-refractivity contribution is -0.617. The van der Waals surface area contributed by atoms with Crippen LogP contribution >= 0.6 is 31.9 Å². The van der Waals surface area contributed by atoms with Crippen molar-refractivity contribution in [3.63, 3.8) is 0 Å². The van der Waals surface area contributed by atoms with Crippen LogP contribution in [0.25, 0.3) is 32.9 Å². The summed E-state index contributed by atoms with van der Waals surface area (Å²) in [6, 6.07) is 17.7. The summed E-state index contributed by atoms with van der Waals surface area (Å²) in [7, 11) is -3.86. The van der Waals surface area contributed by atoms with Crippen molar-refractivity contribution in [2.24, 2.45) is 7.05 Å². The second-order valence-electron chi connectivity index (χ2n) is 7.53. The summed E-state index contributed by atoms with van der Waals surface area (Å²) < 4.78 is 43.5. The largest absolute Gasteiger partial charge is 0.673 e. The molecule has 3 aromatic carbocycles. The van der Waals surface area contributed by atoms with Crippen LogP contribution in [0.5, 0.6) is 0 Å². The van der Waals surface area contributed by atoms with E-state index in [0.29, 0.717) is 0 Å². The third kappa shape index (κ3) is 5.29. The Morgan fingerprint density at radius 1 is 0.677 bits per heavy atom. The van der Waals surface area contributed by atoms with Gasteiger partial charge in [-0.2, -0.15) is 4.57 Å². The van der Waals surface area contributed by atoms with Gasteiger partial charge >= 0.3 is 7.25 Å². The monoisotopic (exact) mass is 555 g/mol. The first-order chi connectivity index (χ1) is 14.4. The van der Waals surface area contributed by atoms with Gasteiger partial charge in [0.25, 0.3) is 0 Å². The Bertz CT molecular complexity index is 1210. The maximum absolute atomic E-state index is 9.75. The maximum Gasteiger partial charge on any atom is 0.673 e. The van der Waals surface area contributed by atoms with E-state index in [2.05, 4.69) is 113 Å². The Hall–Kier alpha value is -1.93. The Morgan fingerprint density at radius 3 is 1.45 bits per heavy atom. The predicted octanol–water partition coefficient (Wildman–Crippen LogP) is 8.23. The number of halogens is 6. The summed E-state index contributed by atoms with van der Waals surface area (Å²) in [6.07, 6.45) is 0. The molecule has 8 heteroatoms. The lowest BCUT2D eigenvalue weighted by Crippen LogP contribution is -2.30. The van der Waals surface area contributed by atoms with Crippen molar-refractivity contribution in [1.82, 2.24) is 0 Å². The van der Waals surface area contributed by atoms with Crippen LogP contribution in [-0.2, 0) is 7.05 Å². The fraction of sp³-hybridized carbons (Fsp3) is 0.174. The SMILES string of the molecule is Cc1cc(C)c(-c2c3cc(Br)ccc3[n+](C)c3ccc(Br)cc23)c(C)c1.F[B-](F)(F)F. The van der Waals surface area contributed by atoms with Gasteiger partial charge in [-0.25, -0.2) is 0 Å². The molecule has 0 atom stereocenters. The molecule has 0 fully saturated rings. The number of hydrogen-bond acceptors (Lipinski definition) is 0. The van der Waals surface area contributed by atoms with Crippen molar-refractivity contribution in [3.8, 4) is 11.1 Å². The molecule has 0 aliphatic heterocycles. The summed E-state index contributed by atoms with van der Waals surface area (Å²) >= 11 is 7.34. The number of aromatic nitrogens is 1. The zero-order valence-electron chi connectivity index (χ0n) is 17.4. The minimum atomic E-state index is -6.00. The molecule has 4 aromatic rings. The second kappa shape index (κ2) is 8.90. The molecule has 0 saturated heterocycles. The Labute approximate surface area is 195 Å². The van der Waals surface area contributed by atoms with Crippen LogP contribution in [-0.4, -0.2) is 7.25 Å². The van der Waals surface area contributed by atoms with E-state index >= 15 is 0 Å². The van der Waals surface area contributed by atoms with E-state index in [1.54, 1.807) is 0 Å². The highest BCUT2D eigenvalue weighted by Crippen LogP contribution is 2.39. The normalized spacial score (nSPS) is 11.5. The molecule has 0 bridgehead atoms. The van der Waals surface area contributed by atoms with Gasteiger partial charge in [0.2, 0.25) is 11.0 Å². The second-order valence-corrected chi connectivity index (χ2v) is 9.36. The average Bonchev–Trinajstić information content (AvgIpc) is 2.62. The Morgan fingerprint density at radius 2 is 1.06 bits per heavy atom. The zero-order chi connectivity index (χ0) is 23.1. The van der Waals surface area contributed by atoms with Crippen molar-refractivity contribution in [3.05, 3.63) is 74.2 Å². The molecule has 0 amide bonds. The van der Waals surface area contributed by atoms with Gasteiger partial charge in [-0.05, 0) is 61.7 Å². The van der Waals surface area contributed by atoms with Gasteiger partial charge in [-0.1, -0.05) is 49.6 Å². The molecular weight excluding hydrogens is 537 g/mol. The van der Waals surface area contributed by atoms with Crippen molar-refractivity contribution < 1.29 is 21.8 Å². The van der Waals surface area contributed by atoms with E-state index in [4.69, 9.17) is 0 Å². The van der Waals surface area contributed by atoms with Crippen LogP contribution < -0.4 is 4.57 Å². The van der Waals surface area contributed by atoms with Crippen LogP contribution in [0.1, 0.15) is 16.7 Å². The predicted molar refractivity (Wildman–Crippen MR) is 128 cm³/mol. The number of hydrogen-bond donors (Lipinski definition) is 0. The molecule has 0 unspecified atom stereocenters. The molecule has 0 N–H and O–H groups in total. The van der Waals surface area contributed by atoms with Crippen LogP contribution in [0.2, 0.25) is 0 Å². The Balaban J connectivity index is 0.000000491. The number of rotatable bonds is 1. The molecule has 1 aromatic heterocycles. The highest BCUT2D eigenvalue weighted by atomic mass is 79.9. The molecule has 0 saturated carbocycles. The smallest absolute Gasteiger partial charge is 0.418 e. The highest BCUT2D eigenvalue weighted by molar-refractivity contribution is 9.10. The molecule has 0 spiro atoms. The van der Waals surface area contributed by atoms with Crippen molar-refractivity contribution in [2.75, 3.05) is 0 Å². The van der Waals surface area contributed by atoms with E-state index < -0.39 is 7.25 Å². The van der Waals surface area contributed by atoms with E-state index in [0.717, 1.165) is 8.95 Å². The molecule has 162 valence electrons. The van der Waals surface area contributed by atoms with Crippen LogP contribution in [0.4, 0.5) is 17.3 Å². The average molecular weight is 557 g/mol. The van der Waals surface area contributed by atoms with Crippen LogP contribution in [0, 0.1) is 20.8 Å². The van der Waals surface area contributed by atoms with Gasteiger partial charge in [0, 0.05) is 26.6 Å².